The van der Waals surface area contributed by atoms with E-state index in [9.17, 15) is 64.2 Å². The molecule has 34 nitrogen and oxygen atoms in total. The molecule has 16 unspecified atom stereocenters. The predicted octanol–water partition coefficient (Wildman–Crippen LogP) is -5.35. The fourth-order valence-electron chi connectivity index (χ4n) is 12.4. The molecule has 92 heavy (non-hydrogen) atoms. The lowest BCUT2D eigenvalue weighted by molar-refractivity contribution is -0.358. The Morgan fingerprint density at radius 1 is 0.663 bits per heavy atom. The van der Waals surface area contributed by atoms with E-state index in [0.29, 0.717) is 44.6 Å². The molecule has 6 aliphatic rings. The lowest BCUT2D eigenvalue weighted by atomic mass is 9.94. The number of alkyl carbamates (subject to hydrolysis) is 1. The first kappa shape index (κ1) is 74.1. The second kappa shape index (κ2) is 36.0. The van der Waals surface area contributed by atoms with E-state index in [2.05, 4.69) is 31.6 Å². The highest BCUT2D eigenvalue weighted by atomic mass is 16.7. The number of nitrogens with zero attached hydrogens (tertiary/aromatic N) is 5. The molecule has 5 amide bonds. The largest absolute Gasteiger partial charge is 0.464 e. The van der Waals surface area contributed by atoms with E-state index in [1.54, 1.807) is 18.7 Å². The molecule has 0 bridgehead atoms. The third-order valence-electron chi connectivity index (χ3n) is 17.2. The summed E-state index contributed by atoms with van der Waals surface area (Å²) in [7, 11) is 2.47. The van der Waals surface area contributed by atoms with Crippen molar-refractivity contribution in [2.24, 2.45) is 23.7 Å². The third-order valence-corrected chi connectivity index (χ3v) is 17.2. The average molecular weight is 1320 g/mol. The molecule has 522 valence electrons. The fraction of sp³-hybridized carbons (Fsp3) is 0.845. The van der Waals surface area contributed by atoms with Gasteiger partial charge in [0.05, 0.1) is 95.9 Å². The van der Waals surface area contributed by atoms with Gasteiger partial charge >= 0.3 is 12.1 Å². The van der Waals surface area contributed by atoms with Gasteiger partial charge in [0.2, 0.25) is 17.7 Å². The molecule has 1 saturated carbocycles. The number of fused-ring (bicyclic) bond motifs is 2. The first-order chi connectivity index (χ1) is 44.1. The van der Waals surface area contributed by atoms with Gasteiger partial charge in [-0.1, -0.05) is 19.1 Å². The molecule has 5 fully saturated rings. The summed E-state index contributed by atoms with van der Waals surface area (Å²) < 4.78 is 70.5. The molecule has 10 N–H and O–H groups in total. The Morgan fingerprint density at radius 3 is 1.91 bits per heavy atom. The van der Waals surface area contributed by atoms with Crippen LogP contribution in [0.25, 0.3) is 0 Å². The smallest absolute Gasteiger partial charge is 0.407 e. The number of rotatable bonds is 33. The summed E-state index contributed by atoms with van der Waals surface area (Å²) in [6, 6.07) is -2.89. The molecule has 0 aromatic carbocycles. The number of Topliss-reactive ketones (excluding diaryl/α,β-unsaturated/α-hetero) is 1. The van der Waals surface area contributed by atoms with E-state index in [0.717, 1.165) is 37.1 Å². The van der Waals surface area contributed by atoms with Crippen LogP contribution in [-0.2, 0) is 105 Å². The van der Waals surface area contributed by atoms with Crippen LogP contribution in [0.1, 0.15) is 65.3 Å². The van der Waals surface area contributed by atoms with Gasteiger partial charge in [-0.3, -0.25) is 33.7 Å². The van der Waals surface area contributed by atoms with Crippen molar-refractivity contribution in [2.75, 3.05) is 120 Å². The van der Waals surface area contributed by atoms with E-state index < -0.39 is 129 Å². The second-order valence-corrected chi connectivity index (χ2v) is 24.1. The van der Waals surface area contributed by atoms with E-state index in [4.69, 9.17) is 56.8 Å². The van der Waals surface area contributed by atoms with Gasteiger partial charge in [-0.05, 0) is 50.4 Å². The van der Waals surface area contributed by atoms with Crippen LogP contribution in [0.3, 0.4) is 0 Å². The molecule has 4 saturated heterocycles. The maximum Gasteiger partial charge on any atom is 0.407 e. The fourth-order valence-corrected chi connectivity index (χ4v) is 12.4. The van der Waals surface area contributed by atoms with Crippen molar-refractivity contribution in [3.63, 3.8) is 0 Å². The number of methoxy groups -OCH3 is 2. The van der Waals surface area contributed by atoms with Crippen LogP contribution in [0.4, 0.5) is 4.79 Å². The van der Waals surface area contributed by atoms with Crippen LogP contribution in [0.2, 0.25) is 0 Å². The number of hydrogen-bond acceptors (Lipinski definition) is 28. The van der Waals surface area contributed by atoms with Gasteiger partial charge in [-0.25, -0.2) is 9.48 Å². The minimum Gasteiger partial charge on any atom is -0.464 e. The first-order valence-electron chi connectivity index (χ1n) is 31.4. The van der Waals surface area contributed by atoms with Gasteiger partial charge in [0, 0.05) is 67.2 Å². The number of ketones is 1. The number of carbonyl (C=O) groups excluding carboxylic acids is 7. The summed E-state index contributed by atoms with van der Waals surface area (Å²) in [6.45, 7) is 9.13. The molecule has 34 heteroatoms. The van der Waals surface area contributed by atoms with Crippen molar-refractivity contribution >= 4 is 41.5 Å². The number of amides is 5. The zero-order valence-corrected chi connectivity index (χ0v) is 53.3. The zero-order chi connectivity index (χ0) is 66.8. The van der Waals surface area contributed by atoms with Crippen LogP contribution < -0.4 is 21.3 Å². The number of carbonyl (C=O) groups is 7. The van der Waals surface area contributed by atoms with Crippen LogP contribution >= 0.6 is 0 Å². The quantitative estimate of drug-likeness (QED) is 0.0232. The number of piperazine rings is 1. The van der Waals surface area contributed by atoms with Crippen molar-refractivity contribution in [2.45, 2.75) is 171 Å². The van der Waals surface area contributed by atoms with Crippen LogP contribution in [-0.4, -0.2) is 314 Å². The number of aliphatic hydroxyl groups is 6. The summed E-state index contributed by atoms with van der Waals surface area (Å²) in [6.07, 6.45) is -18.5. The number of aryl methyl sites for hydroxylation is 1. The maximum atomic E-state index is 14.1. The predicted molar refractivity (Wildman–Crippen MR) is 312 cm³/mol. The Kier molecular flexibility index (Phi) is 29.0. The summed E-state index contributed by atoms with van der Waals surface area (Å²) >= 11 is 0. The molecule has 0 radical (unpaired) electrons. The number of aromatic nitrogens is 3. The lowest BCUT2D eigenvalue weighted by Gasteiger charge is -2.49. The molecule has 0 spiro atoms. The normalized spacial score (nSPS) is 32.3. The topological polar surface area (TPSA) is 437 Å². The van der Waals surface area contributed by atoms with Gasteiger partial charge in [0.1, 0.15) is 79.4 Å². The molecule has 7 rings (SSSR count). The van der Waals surface area contributed by atoms with Gasteiger partial charge in [0.15, 0.2) is 25.0 Å². The van der Waals surface area contributed by atoms with Gasteiger partial charge in [-0.15, -0.1) is 5.10 Å². The number of aliphatic hydroxyl groups excluding tert-OH is 6. The third kappa shape index (κ3) is 20.2. The summed E-state index contributed by atoms with van der Waals surface area (Å²) in [4.78, 5) is 92.2. The Morgan fingerprint density at radius 2 is 1.28 bits per heavy atom. The van der Waals surface area contributed by atoms with Crippen LogP contribution in [0.15, 0.2) is 0 Å². The van der Waals surface area contributed by atoms with Crippen molar-refractivity contribution in [1.82, 2.24) is 46.1 Å². The minimum absolute atomic E-state index is 0.0210. The first-order valence-corrected chi connectivity index (χ1v) is 31.4. The summed E-state index contributed by atoms with van der Waals surface area (Å²) in [5.74, 6) is -1.96. The van der Waals surface area contributed by atoms with E-state index in [-0.39, 0.29) is 108 Å². The van der Waals surface area contributed by atoms with Crippen molar-refractivity contribution in [3.05, 3.63) is 11.4 Å². The number of nitrogens with one attached hydrogen (secondary N) is 4. The van der Waals surface area contributed by atoms with Crippen LogP contribution in [0.5, 0.6) is 0 Å². The summed E-state index contributed by atoms with van der Waals surface area (Å²) in [5, 5.41) is 84.7. The Labute approximate surface area is 533 Å². The molecule has 1 aromatic heterocycles. The maximum absolute atomic E-state index is 14.1. The highest BCUT2D eigenvalue weighted by Gasteiger charge is 2.56. The number of esters is 1. The number of ether oxygens (including phenoxy) is 12. The molecule has 19 atom stereocenters. The molecular weight excluding hydrogens is 1220 g/mol. The van der Waals surface area contributed by atoms with Gasteiger partial charge in [0.25, 0.3) is 5.91 Å². The lowest BCUT2D eigenvalue weighted by Crippen LogP contribution is -2.70. The Hall–Kier alpha value is -5.25. The highest BCUT2D eigenvalue weighted by molar-refractivity contribution is 5.82. The molecule has 4 aliphatic heterocycles. The molecule has 2 aliphatic carbocycles. The van der Waals surface area contributed by atoms with Crippen molar-refractivity contribution < 1.29 is 121 Å². The van der Waals surface area contributed by atoms with E-state index in [1.807, 2.05) is 9.58 Å². The summed E-state index contributed by atoms with van der Waals surface area (Å²) in [5.41, 5.74) is 1.99. The zero-order valence-electron chi connectivity index (χ0n) is 53.3. The average Bonchev–Trinajstić information content (AvgIpc) is 1.35. The van der Waals surface area contributed by atoms with E-state index in [1.165, 1.54) is 35.0 Å². The standard InChI is InChI=1S/C58H95N9O25/c1-30(2)54(79)86-28-34-25-66(16-15-65(34)24-31(3)70)42(73)12-13-60-58(80)87-29-37-35-8-10-38-39(11-9-36(35)37)67(64-63-38)17-19-84-21-23-85-22-20-83-18-14-59-53(78)52-51(91-56-43(61-32(4)71)49(81-6)45(74)40(26-68)89-56)47(76)48(77)57(92-52)90-50-44(62-33(5)72)55(82-7)88-41(27-69)46(50)75/h30,34-37,40-41,43-52,55-57,68-69,74-77H,8-29H2,1-7H3,(H,59,78)(H,60,80)(H,61,71)(H,62,72)/t34?,35-,36+,37-,40?,41?,43?,44?,45?,46?,47?,48?,49?,50?,51?,52?,55?,56?,57?/m1/s1. The SMILES string of the molecule is COC1OC(CO)C(O)C(OC2OC(C(=O)NCCOCCOCCOCCn3nnc4c3CC[C@H]3[C@@H](CC4)[C@H]3COC(=O)NCCC(=O)N3CCN(CC(C)=O)C(COC(=O)C(C)C)C3)C(OC3OC(CO)C(O)C(OC)C3NC(C)=O)C(O)C2O)C1NC(C)=O. The minimum atomic E-state index is -2.06. The number of hydrogen-bond donors (Lipinski definition) is 10. The molecular formula is C58H95N9O25. The van der Waals surface area contributed by atoms with Crippen molar-refractivity contribution in [3.8, 4) is 0 Å². The Bertz CT molecular complexity index is 2560. The van der Waals surface area contributed by atoms with Crippen LogP contribution in [0, 0.1) is 23.7 Å². The van der Waals surface area contributed by atoms with Gasteiger partial charge in [-0.2, -0.15) is 0 Å². The van der Waals surface area contributed by atoms with Gasteiger partial charge < -0.3 is 114 Å². The highest BCUT2D eigenvalue weighted by Crippen LogP contribution is 2.53. The molecule has 5 heterocycles. The molecule has 1 aromatic rings. The Balaban J connectivity index is 0.802. The second-order valence-electron chi connectivity index (χ2n) is 24.1. The monoisotopic (exact) mass is 1320 g/mol. The van der Waals surface area contributed by atoms with E-state index >= 15 is 0 Å². The van der Waals surface area contributed by atoms with Crippen molar-refractivity contribution in [1.29, 1.82) is 0 Å².